The highest BCUT2D eigenvalue weighted by atomic mass is 32.2. The molecule has 0 saturated heterocycles. The standard InChI is InChI=1S/C17H20O3S/c1-13(20-16-8-10-17(21-3)11-9-16)12-19-15-6-4-14(18-2)5-7-15/h4-11,13H,12H2,1-3H3. The van der Waals surface area contributed by atoms with Gasteiger partial charge in [-0.1, -0.05) is 0 Å². The summed E-state index contributed by atoms with van der Waals surface area (Å²) in [7, 11) is 1.65. The Morgan fingerprint density at radius 1 is 0.905 bits per heavy atom. The molecule has 0 amide bonds. The Kier molecular flexibility index (Phi) is 5.81. The van der Waals surface area contributed by atoms with Gasteiger partial charge in [-0.15, -0.1) is 11.8 Å². The molecule has 1 unspecified atom stereocenters. The maximum atomic E-state index is 5.82. The number of thioether (sulfide) groups is 1. The second-order valence-corrected chi connectivity index (χ2v) is 5.47. The molecule has 0 heterocycles. The van der Waals surface area contributed by atoms with Crippen LogP contribution in [0.15, 0.2) is 53.4 Å². The number of methoxy groups -OCH3 is 1. The van der Waals surface area contributed by atoms with Crippen LogP contribution in [-0.2, 0) is 0 Å². The molecular weight excluding hydrogens is 284 g/mol. The van der Waals surface area contributed by atoms with Crippen molar-refractivity contribution in [3.8, 4) is 17.2 Å². The molecule has 0 aromatic heterocycles. The van der Waals surface area contributed by atoms with E-state index in [0.29, 0.717) is 6.61 Å². The molecule has 0 saturated carbocycles. The topological polar surface area (TPSA) is 27.7 Å². The summed E-state index contributed by atoms with van der Waals surface area (Å²) in [6.07, 6.45) is 2.04. The summed E-state index contributed by atoms with van der Waals surface area (Å²) in [4.78, 5) is 1.23. The van der Waals surface area contributed by atoms with E-state index in [-0.39, 0.29) is 6.10 Å². The Bertz CT molecular complexity index is 537. The second-order valence-electron chi connectivity index (χ2n) is 4.59. The molecule has 112 valence electrons. The highest BCUT2D eigenvalue weighted by Gasteiger charge is 2.05. The number of rotatable bonds is 7. The first-order valence-corrected chi connectivity index (χ1v) is 8.01. The Hall–Kier alpha value is -1.81. The molecule has 2 aromatic rings. The lowest BCUT2D eigenvalue weighted by Crippen LogP contribution is -2.21. The monoisotopic (exact) mass is 304 g/mol. The Morgan fingerprint density at radius 2 is 1.48 bits per heavy atom. The SMILES string of the molecule is COc1ccc(OCC(C)Oc2ccc(SC)cc2)cc1. The first kappa shape index (κ1) is 15.6. The van der Waals surface area contributed by atoms with Gasteiger partial charge in [0.1, 0.15) is 30.0 Å². The van der Waals surface area contributed by atoms with Crippen molar-refractivity contribution in [3.05, 3.63) is 48.5 Å². The number of hydrogen-bond acceptors (Lipinski definition) is 4. The van der Waals surface area contributed by atoms with Crippen LogP contribution in [0.5, 0.6) is 17.2 Å². The number of benzene rings is 2. The highest BCUT2D eigenvalue weighted by molar-refractivity contribution is 7.98. The molecule has 0 aliphatic heterocycles. The quantitative estimate of drug-likeness (QED) is 0.714. The van der Waals surface area contributed by atoms with Gasteiger partial charge in [0.2, 0.25) is 0 Å². The van der Waals surface area contributed by atoms with Gasteiger partial charge in [0.05, 0.1) is 7.11 Å². The normalized spacial score (nSPS) is 11.8. The Balaban J connectivity index is 1.81. The van der Waals surface area contributed by atoms with Gasteiger partial charge in [-0.25, -0.2) is 0 Å². The summed E-state index contributed by atoms with van der Waals surface area (Å²) in [5.41, 5.74) is 0. The van der Waals surface area contributed by atoms with Gasteiger partial charge in [-0.2, -0.15) is 0 Å². The molecule has 2 rings (SSSR count). The first-order valence-electron chi connectivity index (χ1n) is 6.79. The first-order chi connectivity index (χ1) is 10.2. The van der Waals surface area contributed by atoms with Crippen LogP contribution in [0.1, 0.15) is 6.92 Å². The average Bonchev–Trinajstić information content (AvgIpc) is 2.54. The van der Waals surface area contributed by atoms with Crippen LogP contribution in [0, 0.1) is 0 Å². The van der Waals surface area contributed by atoms with Crippen molar-refractivity contribution in [1.82, 2.24) is 0 Å². The molecule has 0 N–H and O–H groups in total. The van der Waals surface area contributed by atoms with Gasteiger partial charge in [-0.05, 0) is 61.7 Å². The molecule has 0 aliphatic carbocycles. The lowest BCUT2D eigenvalue weighted by atomic mass is 10.3. The summed E-state index contributed by atoms with van der Waals surface area (Å²) in [5, 5.41) is 0. The van der Waals surface area contributed by atoms with Crippen LogP contribution in [0.2, 0.25) is 0 Å². The van der Waals surface area contributed by atoms with Gasteiger partial charge in [-0.3, -0.25) is 0 Å². The third kappa shape index (κ3) is 4.90. The van der Waals surface area contributed by atoms with Crippen LogP contribution >= 0.6 is 11.8 Å². The van der Waals surface area contributed by atoms with Crippen molar-refractivity contribution >= 4 is 11.8 Å². The van der Waals surface area contributed by atoms with Gasteiger partial charge >= 0.3 is 0 Å². The zero-order valence-electron chi connectivity index (χ0n) is 12.5. The molecule has 0 radical (unpaired) electrons. The predicted molar refractivity (Wildman–Crippen MR) is 86.8 cm³/mol. The molecule has 0 bridgehead atoms. The van der Waals surface area contributed by atoms with E-state index in [1.54, 1.807) is 18.9 Å². The van der Waals surface area contributed by atoms with Crippen molar-refractivity contribution in [3.63, 3.8) is 0 Å². The van der Waals surface area contributed by atoms with E-state index >= 15 is 0 Å². The minimum Gasteiger partial charge on any atom is -0.497 e. The molecule has 3 nitrogen and oxygen atoms in total. The lowest BCUT2D eigenvalue weighted by Gasteiger charge is -2.16. The lowest BCUT2D eigenvalue weighted by molar-refractivity contribution is 0.143. The van der Waals surface area contributed by atoms with Crippen molar-refractivity contribution in [2.75, 3.05) is 20.0 Å². The summed E-state index contributed by atoms with van der Waals surface area (Å²) >= 11 is 1.72. The van der Waals surface area contributed by atoms with Crippen molar-refractivity contribution < 1.29 is 14.2 Å². The smallest absolute Gasteiger partial charge is 0.130 e. The summed E-state index contributed by atoms with van der Waals surface area (Å²) in [6.45, 7) is 2.49. The fraction of sp³-hybridized carbons (Fsp3) is 0.294. The molecule has 0 aliphatic rings. The minimum atomic E-state index is -0.0211. The fourth-order valence-electron chi connectivity index (χ4n) is 1.81. The van der Waals surface area contributed by atoms with E-state index in [9.17, 15) is 0 Å². The molecule has 21 heavy (non-hydrogen) atoms. The molecular formula is C17H20O3S. The molecule has 0 spiro atoms. The molecule has 4 heteroatoms. The molecule has 1 atom stereocenters. The van der Waals surface area contributed by atoms with Crippen LogP contribution in [0.25, 0.3) is 0 Å². The zero-order chi connectivity index (χ0) is 15.1. The maximum absolute atomic E-state index is 5.82. The molecule has 2 aromatic carbocycles. The van der Waals surface area contributed by atoms with Gasteiger partial charge < -0.3 is 14.2 Å². The van der Waals surface area contributed by atoms with E-state index in [2.05, 4.69) is 18.4 Å². The summed E-state index contributed by atoms with van der Waals surface area (Å²) in [6, 6.07) is 15.6. The summed E-state index contributed by atoms with van der Waals surface area (Å²) in [5.74, 6) is 2.49. The Labute approximate surface area is 130 Å². The van der Waals surface area contributed by atoms with Crippen LogP contribution in [0.4, 0.5) is 0 Å². The van der Waals surface area contributed by atoms with Gasteiger partial charge in [0.25, 0.3) is 0 Å². The van der Waals surface area contributed by atoms with Crippen molar-refractivity contribution in [2.45, 2.75) is 17.9 Å². The fourth-order valence-corrected chi connectivity index (χ4v) is 2.21. The van der Waals surface area contributed by atoms with Gasteiger partial charge in [0, 0.05) is 4.90 Å². The van der Waals surface area contributed by atoms with E-state index in [1.807, 2.05) is 43.3 Å². The minimum absolute atomic E-state index is 0.0211. The number of hydrogen-bond donors (Lipinski definition) is 0. The average molecular weight is 304 g/mol. The van der Waals surface area contributed by atoms with Crippen molar-refractivity contribution in [2.24, 2.45) is 0 Å². The highest BCUT2D eigenvalue weighted by Crippen LogP contribution is 2.20. The van der Waals surface area contributed by atoms with Crippen LogP contribution in [0.3, 0.4) is 0 Å². The summed E-state index contributed by atoms with van der Waals surface area (Å²) < 4.78 is 16.6. The van der Waals surface area contributed by atoms with Gasteiger partial charge in [0.15, 0.2) is 0 Å². The van der Waals surface area contributed by atoms with Crippen LogP contribution < -0.4 is 14.2 Å². The second kappa shape index (κ2) is 7.84. The van der Waals surface area contributed by atoms with Crippen LogP contribution in [-0.4, -0.2) is 26.1 Å². The predicted octanol–water partition coefficient (Wildman–Crippen LogP) is 4.26. The van der Waals surface area contributed by atoms with Crippen molar-refractivity contribution in [1.29, 1.82) is 0 Å². The zero-order valence-corrected chi connectivity index (χ0v) is 13.4. The third-order valence-corrected chi connectivity index (χ3v) is 3.68. The van der Waals surface area contributed by atoms with E-state index in [0.717, 1.165) is 17.2 Å². The van der Waals surface area contributed by atoms with E-state index < -0.39 is 0 Å². The molecule has 0 fully saturated rings. The van der Waals surface area contributed by atoms with E-state index in [4.69, 9.17) is 14.2 Å². The van der Waals surface area contributed by atoms with E-state index in [1.165, 1.54) is 4.90 Å². The number of ether oxygens (including phenoxy) is 3. The Morgan fingerprint density at radius 3 is 2.05 bits per heavy atom. The maximum Gasteiger partial charge on any atom is 0.130 e. The largest absolute Gasteiger partial charge is 0.497 e. The third-order valence-electron chi connectivity index (χ3n) is 2.94.